The number of hydrogen-bond donors (Lipinski definition) is 1. The van der Waals surface area contributed by atoms with Crippen LogP contribution >= 0.6 is 0 Å². The zero-order valence-corrected chi connectivity index (χ0v) is 12.7. The van der Waals surface area contributed by atoms with Crippen molar-refractivity contribution in [3.63, 3.8) is 0 Å². The van der Waals surface area contributed by atoms with Crippen LogP contribution in [0.3, 0.4) is 0 Å². The molecule has 2 aliphatic rings. The topological polar surface area (TPSA) is 61.9 Å². The van der Waals surface area contributed by atoms with Crippen LogP contribution in [0, 0.1) is 0 Å². The van der Waals surface area contributed by atoms with Crippen LogP contribution in [0.4, 0.5) is 0 Å². The van der Waals surface area contributed by atoms with E-state index >= 15 is 0 Å². The lowest BCUT2D eigenvalue weighted by atomic mass is 10.3. The Labute approximate surface area is 116 Å². The molecule has 6 nitrogen and oxygen atoms in total. The molecular formula is C12H25N3O3S. The van der Waals surface area contributed by atoms with Gasteiger partial charge in [-0.25, -0.2) is 0 Å². The summed E-state index contributed by atoms with van der Waals surface area (Å²) in [5.74, 6) is 0. The summed E-state index contributed by atoms with van der Waals surface area (Å²) in [6, 6.07) is 0.664. The van der Waals surface area contributed by atoms with Crippen LogP contribution in [-0.2, 0) is 14.9 Å². The average Bonchev–Trinajstić information content (AvgIpc) is 3.04. The Kier molecular flexibility index (Phi) is 5.19. The van der Waals surface area contributed by atoms with Crippen LogP contribution in [0.5, 0.6) is 0 Å². The third-order valence-corrected chi connectivity index (χ3v) is 5.83. The second-order valence-electron chi connectivity index (χ2n) is 5.44. The molecule has 0 aromatic rings. The summed E-state index contributed by atoms with van der Waals surface area (Å²) >= 11 is 0. The van der Waals surface area contributed by atoms with Crippen molar-refractivity contribution in [1.29, 1.82) is 0 Å². The lowest BCUT2D eigenvalue weighted by Gasteiger charge is -2.28. The first-order valence-electron chi connectivity index (χ1n) is 7.02. The monoisotopic (exact) mass is 291 g/mol. The van der Waals surface area contributed by atoms with E-state index in [4.69, 9.17) is 4.74 Å². The Hall–Kier alpha value is -0.210. The summed E-state index contributed by atoms with van der Waals surface area (Å²) in [5.41, 5.74) is 0. The van der Waals surface area contributed by atoms with Gasteiger partial charge < -0.3 is 10.1 Å². The Morgan fingerprint density at radius 2 is 2.00 bits per heavy atom. The molecule has 7 heteroatoms. The summed E-state index contributed by atoms with van der Waals surface area (Å²) < 4.78 is 32.8. The Morgan fingerprint density at radius 1 is 1.26 bits per heavy atom. The fourth-order valence-electron chi connectivity index (χ4n) is 2.23. The smallest absolute Gasteiger partial charge is 0.281 e. The number of nitrogens with one attached hydrogen (secondary N) is 1. The van der Waals surface area contributed by atoms with Crippen molar-refractivity contribution in [2.24, 2.45) is 0 Å². The lowest BCUT2D eigenvalue weighted by Crippen LogP contribution is -2.45. The van der Waals surface area contributed by atoms with Gasteiger partial charge in [0, 0.05) is 33.3 Å². The number of likely N-dealkylation sites (N-methyl/N-ethyl adjacent to an activating group) is 1. The van der Waals surface area contributed by atoms with Gasteiger partial charge in [-0.1, -0.05) is 0 Å². The maximum Gasteiger partial charge on any atom is 0.281 e. The summed E-state index contributed by atoms with van der Waals surface area (Å²) in [6.45, 7) is 2.60. The highest BCUT2D eigenvalue weighted by molar-refractivity contribution is 7.86. The summed E-state index contributed by atoms with van der Waals surface area (Å²) in [7, 11) is -0.0506. The molecule has 2 rings (SSSR count). The average molecular weight is 291 g/mol. The fourth-order valence-corrected chi connectivity index (χ4v) is 3.57. The molecule has 0 aromatic carbocycles. The zero-order valence-electron chi connectivity index (χ0n) is 11.8. The predicted molar refractivity (Wildman–Crippen MR) is 74.2 cm³/mol. The fraction of sp³-hybridized carbons (Fsp3) is 1.00. The van der Waals surface area contributed by atoms with Crippen molar-refractivity contribution in [2.75, 3.05) is 40.4 Å². The lowest BCUT2D eigenvalue weighted by molar-refractivity contribution is 0.179. The van der Waals surface area contributed by atoms with Crippen molar-refractivity contribution in [3.05, 3.63) is 0 Å². The van der Waals surface area contributed by atoms with Crippen molar-refractivity contribution >= 4 is 10.2 Å². The molecule has 1 N–H and O–H groups in total. The third kappa shape index (κ3) is 4.13. The minimum Gasteiger partial charge on any atom is -0.380 e. The van der Waals surface area contributed by atoms with Crippen molar-refractivity contribution in [2.45, 2.75) is 37.8 Å². The third-order valence-electron chi connectivity index (χ3n) is 3.84. The van der Waals surface area contributed by atoms with Crippen LogP contribution in [0.1, 0.15) is 25.7 Å². The van der Waals surface area contributed by atoms with E-state index in [1.165, 1.54) is 21.5 Å². The largest absolute Gasteiger partial charge is 0.380 e. The molecule has 1 heterocycles. The number of rotatable bonds is 8. The van der Waals surface area contributed by atoms with Gasteiger partial charge in [0.05, 0.1) is 12.6 Å². The highest BCUT2D eigenvalue weighted by atomic mass is 32.2. The molecule has 0 aromatic heterocycles. The Morgan fingerprint density at radius 3 is 2.58 bits per heavy atom. The molecule has 1 unspecified atom stereocenters. The van der Waals surface area contributed by atoms with Gasteiger partial charge in [-0.2, -0.15) is 17.0 Å². The highest BCUT2D eigenvalue weighted by Crippen LogP contribution is 2.19. The van der Waals surface area contributed by atoms with E-state index in [1.54, 1.807) is 14.1 Å². The van der Waals surface area contributed by atoms with Gasteiger partial charge in [0.15, 0.2) is 0 Å². The van der Waals surface area contributed by atoms with Crippen molar-refractivity contribution in [1.82, 2.24) is 13.9 Å². The number of ether oxygens (including phenoxy) is 1. The maximum atomic E-state index is 12.3. The van der Waals surface area contributed by atoms with Gasteiger partial charge in [0.2, 0.25) is 0 Å². The molecule has 1 aliphatic heterocycles. The van der Waals surface area contributed by atoms with E-state index in [0.29, 0.717) is 25.8 Å². The van der Waals surface area contributed by atoms with E-state index in [2.05, 4.69) is 5.32 Å². The first kappa shape index (κ1) is 15.2. The van der Waals surface area contributed by atoms with Gasteiger partial charge in [-0.05, 0) is 32.2 Å². The molecule has 1 saturated heterocycles. The van der Waals surface area contributed by atoms with Crippen LogP contribution in [0.25, 0.3) is 0 Å². The van der Waals surface area contributed by atoms with Crippen LogP contribution in [-0.4, -0.2) is 69.5 Å². The van der Waals surface area contributed by atoms with E-state index in [1.807, 2.05) is 0 Å². The van der Waals surface area contributed by atoms with Gasteiger partial charge in [-0.15, -0.1) is 0 Å². The summed E-state index contributed by atoms with van der Waals surface area (Å²) in [4.78, 5) is 0. The van der Waals surface area contributed by atoms with Crippen LogP contribution in [0.15, 0.2) is 0 Å². The summed E-state index contributed by atoms with van der Waals surface area (Å²) in [5, 5.41) is 3.39. The van der Waals surface area contributed by atoms with Crippen LogP contribution in [0.2, 0.25) is 0 Å². The van der Waals surface area contributed by atoms with Crippen molar-refractivity contribution < 1.29 is 13.2 Å². The molecule has 1 aliphatic carbocycles. The minimum atomic E-state index is -3.35. The zero-order chi connectivity index (χ0) is 13.9. The Balaban J connectivity index is 1.75. The van der Waals surface area contributed by atoms with Gasteiger partial charge in [0.1, 0.15) is 0 Å². The van der Waals surface area contributed by atoms with Gasteiger partial charge in [-0.3, -0.25) is 0 Å². The minimum absolute atomic E-state index is 0.0166. The maximum absolute atomic E-state index is 12.3. The first-order valence-corrected chi connectivity index (χ1v) is 8.42. The second-order valence-corrected chi connectivity index (χ2v) is 7.54. The molecule has 0 amide bonds. The molecule has 0 radical (unpaired) electrons. The molecule has 0 bridgehead atoms. The predicted octanol–water partition coefficient (Wildman–Crippen LogP) is 0.0258. The van der Waals surface area contributed by atoms with Gasteiger partial charge >= 0.3 is 0 Å². The normalized spacial score (nSPS) is 24.5. The van der Waals surface area contributed by atoms with E-state index in [9.17, 15) is 8.42 Å². The standard InChI is InChI=1S/C12H25N3O3S/c1-14(8-3-7-13-11-4-5-11)19(16,17)15(2)12-6-9-18-10-12/h11-13H,3-10H2,1-2H3. The summed E-state index contributed by atoms with van der Waals surface area (Å²) in [6.07, 6.45) is 4.16. The quantitative estimate of drug-likeness (QED) is 0.641. The Bertz CT molecular complexity index is 378. The molecule has 112 valence electrons. The van der Waals surface area contributed by atoms with Crippen molar-refractivity contribution in [3.8, 4) is 0 Å². The molecule has 0 spiro atoms. The second kappa shape index (κ2) is 6.49. The number of hydrogen-bond acceptors (Lipinski definition) is 4. The van der Waals surface area contributed by atoms with E-state index < -0.39 is 10.2 Å². The van der Waals surface area contributed by atoms with Crippen LogP contribution < -0.4 is 5.32 Å². The SMILES string of the molecule is CN(CCCNC1CC1)S(=O)(=O)N(C)C1CCOC1. The molecule has 2 fully saturated rings. The molecule has 19 heavy (non-hydrogen) atoms. The molecule has 1 atom stereocenters. The van der Waals surface area contributed by atoms with Gasteiger partial charge in [0.25, 0.3) is 10.2 Å². The first-order chi connectivity index (χ1) is 9.01. The number of nitrogens with zero attached hydrogens (tertiary/aromatic N) is 2. The molecule has 1 saturated carbocycles. The van der Waals surface area contributed by atoms with E-state index in [0.717, 1.165) is 19.4 Å². The molecular weight excluding hydrogens is 266 g/mol. The highest BCUT2D eigenvalue weighted by Gasteiger charge is 2.32. The van der Waals surface area contributed by atoms with E-state index in [-0.39, 0.29) is 6.04 Å².